The highest BCUT2D eigenvalue weighted by atomic mass is 19.1. The van der Waals surface area contributed by atoms with Gasteiger partial charge in [-0.2, -0.15) is 0 Å². The summed E-state index contributed by atoms with van der Waals surface area (Å²) in [5, 5.41) is 19.3. The predicted octanol–water partition coefficient (Wildman–Crippen LogP) is 1.94. The molecule has 0 radical (unpaired) electrons. The molecular weight excluding hydrogens is 261 g/mol. The Kier molecular flexibility index (Phi) is 4.40. The normalized spacial score (nSPS) is 21.9. The third-order valence-corrected chi connectivity index (χ3v) is 3.75. The van der Waals surface area contributed by atoms with Crippen molar-refractivity contribution in [2.45, 2.75) is 32.4 Å². The van der Waals surface area contributed by atoms with Crippen molar-refractivity contribution in [2.75, 3.05) is 13.6 Å². The molecule has 1 aliphatic carbocycles. The minimum absolute atomic E-state index is 0.0208. The van der Waals surface area contributed by atoms with E-state index >= 15 is 0 Å². The Morgan fingerprint density at radius 3 is 2.65 bits per heavy atom. The van der Waals surface area contributed by atoms with Crippen LogP contribution >= 0.6 is 0 Å². The molecule has 2 rings (SSSR count). The zero-order valence-corrected chi connectivity index (χ0v) is 11.8. The zero-order chi connectivity index (χ0) is 14.9. The molecule has 0 saturated heterocycles. The van der Waals surface area contributed by atoms with Crippen molar-refractivity contribution in [3.8, 4) is 5.75 Å². The summed E-state index contributed by atoms with van der Waals surface area (Å²) < 4.78 is 13.5. The summed E-state index contributed by atoms with van der Waals surface area (Å²) >= 11 is 0. The van der Waals surface area contributed by atoms with Crippen LogP contribution < -0.4 is 0 Å². The number of benzene rings is 1. The second kappa shape index (κ2) is 5.89. The Balaban J connectivity index is 2.06. The molecule has 1 aromatic carbocycles. The van der Waals surface area contributed by atoms with Gasteiger partial charge in [0.1, 0.15) is 11.6 Å². The summed E-state index contributed by atoms with van der Waals surface area (Å²) in [5.74, 6) is -0.569. The van der Waals surface area contributed by atoms with Crippen molar-refractivity contribution in [3.63, 3.8) is 0 Å². The average Bonchev–Trinajstić information content (AvgIpc) is 2.31. The third kappa shape index (κ3) is 3.35. The third-order valence-electron chi connectivity index (χ3n) is 3.75. The van der Waals surface area contributed by atoms with Gasteiger partial charge in [0.05, 0.1) is 11.7 Å². The van der Waals surface area contributed by atoms with Gasteiger partial charge in [0.25, 0.3) is 0 Å². The Labute approximate surface area is 117 Å². The maximum Gasteiger partial charge on any atom is 0.163 e. The van der Waals surface area contributed by atoms with Crippen LogP contribution in [0.1, 0.15) is 35.7 Å². The maximum absolute atomic E-state index is 13.5. The van der Waals surface area contributed by atoms with Crippen LogP contribution in [0.3, 0.4) is 0 Å². The molecule has 0 aliphatic heterocycles. The molecule has 0 spiro atoms. The van der Waals surface area contributed by atoms with Crippen LogP contribution in [-0.2, 0) is 6.54 Å². The lowest BCUT2D eigenvalue weighted by atomic mass is 9.82. The first-order valence-electron chi connectivity index (χ1n) is 6.75. The Morgan fingerprint density at radius 1 is 1.45 bits per heavy atom. The van der Waals surface area contributed by atoms with Crippen LogP contribution in [0.2, 0.25) is 0 Å². The van der Waals surface area contributed by atoms with Gasteiger partial charge < -0.3 is 15.1 Å². The molecule has 20 heavy (non-hydrogen) atoms. The van der Waals surface area contributed by atoms with Crippen molar-refractivity contribution >= 4 is 5.78 Å². The van der Waals surface area contributed by atoms with E-state index in [-0.39, 0.29) is 23.2 Å². The van der Waals surface area contributed by atoms with Gasteiger partial charge in [-0.3, -0.25) is 4.79 Å². The summed E-state index contributed by atoms with van der Waals surface area (Å²) in [6.45, 7) is 2.45. The monoisotopic (exact) mass is 281 g/mol. The van der Waals surface area contributed by atoms with E-state index in [9.17, 15) is 19.4 Å². The number of aromatic hydroxyl groups is 1. The molecule has 0 aromatic heterocycles. The number of nitrogens with zero attached hydrogens (tertiary/aromatic N) is 1. The number of phenols is 1. The van der Waals surface area contributed by atoms with Gasteiger partial charge in [0, 0.05) is 18.7 Å². The lowest BCUT2D eigenvalue weighted by molar-refractivity contribution is 0.0272. The smallest absolute Gasteiger partial charge is 0.163 e. The van der Waals surface area contributed by atoms with Gasteiger partial charge in [-0.25, -0.2) is 4.39 Å². The molecule has 110 valence electrons. The van der Waals surface area contributed by atoms with Gasteiger partial charge in [-0.1, -0.05) is 0 Å². The second-order valence-corrected chi connectivity index (χ2v) is 5.71. The first kappa shape index (κ1) is 14.9. The molecule has 1 saturated carbocycles. The lowest BCUT2D eigenvalue weighted by Gasteiger charge is -2.34. The van der Waals surface area contributed by atoms with E-state index in [1.165, 1.54) is 13.0 Å². The van der Waals surface area contributed by atoms with E-state index in [0.29, 0.717) is 18.0 Å². The summed E-state index contributed by atoms with van der Waals surface area (Å²) in [6, 6.07) is 2.32. The molecule has 0 heterocycles. The molecule has 1 fully saturated rings. The largest absolute Gasteiger partial charge is 0.507 e. The van der Waals surface area contributed by atoms with Crippen LogP contribution in [0.25, 0.3) is 0 Å². The van der Waals surface area contributed by atoms with Gasteiger partial charge in [0.15, 0.2) is 5.78 Å². The fourth-order valence-electron chi connectivity index (χ4n) is 2.69. The predicted molar refractivity (Wildman–Crippen MR) is 73.1 cm³/mol. The van der Waals surface area contributed by atoms with Crippen LogP contribution in [0.15, 0.2) is 12.1 Å². The number of carbonyl (C=O) groups excluding carboxylic acids is 1. The minimum atomic E-state index is -0.518. The molecule has 2 N–H and O–H groups in total. The molecule has 0 bridgehead atoms. The van der Waals surface area contributed by atoms with Gasteiger partial charge in [0.2, 0.25) is 0 Å². The number of carbonyl (C=O) groups is 1. The quantitative estimate of drug-likeness (QED) is 0.810. The van der Waals surface area contributed by atoms with Crippen molar-refractivity contribution in [1.29, 1.82) is 0 Å². The summed E-state index contributed by atoms with van der Waals surface area (Å²) in [4.78, 5) is 13.3. The van der Waals surface area contributed by atoms with Crippen LogP contribution in [0.5, 0.6) is 5.75 Å². The van der Waals surface area contributed by atoms with Gasteiger partial charge in [-0.15, -0.1) is 0 Å². The van der Waals surface area contributed by atoms with E-state index in [2.05, 4.69) is 0 Å². The number of Topliss-reactive ketones (excluding diaryl/α,β-unsaturated/α-hetero) is 1. The maximum atomic E-state index is 13.5. The van der Waals surface area contributed by atoms with Crippen LogP contribution in [-0.4, -0.2) is 40.6 Å². The van der Waals surface area contributed by atoms with E-state index < -0.39 is 5.82 Å². The Hall–Kier alpha value is -1.46. The molecule has 0 unspecified atom stereocenters. The summed E-state index contributed by atoms with van der Waals surface area (Å²) in [5.41, 5.74) is 0.435. The van der Waals surface area contributed by atoms with Crippen molar-refractivity contribution in [1.82, 2.24) is 4.90 Å². The molecule has 1 aliphatic rings. The number of aliphatic hydroxyl groups excluding tert-OH is 1. The number of hydrogen-bond acceptors (Lipinski definition) is 4. The van der Waals surface area contributed by atoms with Crippen molar-refractivity contribution < 1.29 is 19.4 Å². The molecule has 0 atom stereocenters. The van der Waals surface area contributed by atoms with E-state index in [4.69, 9.17) is 0 Å². The molecule has 5 heteroatoms. The first-order valence-corrected chi connectivity index (χ1v) is 6.75. The van der Waals surface area contributed by atoms with Crippen molar-refractivity contribution in [3.05, 3.63) is 29.1 Å². The molecule has 4 nitrogen and oxygen atoms in total. The standard InChI is InChI=1S/C15H20FNO3/c1-9(18)14-6-12(16)5-11(15(14)20)8-17(2)7-10-3-13(19)4-10/h5-6,10,13,19-20H,3-4,7-8H2,1-2H3. The fraction of sp³-hybridized carbons (Fsp3) is 0.533. The number of aliphatic hydroxyl groups is 1. The van der Waals surface area contributed by atoms with Crippen molar-refractivity contribution in [2.24, 2.45) is 5.92 Å². The number of rotatable bonds is 5. The Morgan fingerprint density at radius 2 is 2.10 bits per heavy atom. The zero-order valence-electron chi connectivity index (χ0n) is 11.8. The number of hydrogen-bond donors (Lipinski definition) is 2. The van der Waals surface area contributed by atoms with E-state index in [0.717, 1.165) is 25.5 Å². The Bertz CT molecular complexity index is 512. The average molecular weight is 281 g/mol. The highest BCUT2D eigenvalue weighted by Crippen LogP contribution is 2.29. The van der Waals surface area contributed by atoms with Crippen LogP contribution in [0, 0.1) is 11.7 Å². The van der Waals surface area contributed by atoms with E-state index in [1.54, 1.807) is 0 Å². The van der Waals surface area contributed by atoms with Gasteiger partial charge in [-0.05, 0) is 44.9 Å². The number of phenolic OH excluding ortho intramolecular Hbond substituents is 1. The SMILES string of the molecule is CC(=O)c1cc(F)cc(CN(C)CC2CC(O)C2)c1O. The van der Waals surface area contributed by atoms with E-state index in [1.807, 2.05) is 11.9 Å². The number of ketones is 1. The van der Waals surface area contributed by atoms with Gasteiger partial charge >= 0.3 is 0 Å². The fourth-order valence-corrected chi connectivity index (χ4v) is 2.69. The second-order valence-electron chi connectivity index (χ2n) is 5.71. The lowest BCUT2D eigenvalue weighted by Crippen LogP contribution is -2.36. The summed E-state index contributed by atoms with van der Waals surface area (Å²) in [6.07, 6.45) is 1.39. The minimum Gasteiger partial charge on any atom is -0.507 e. The first-order chi connectivity index (χ1) is 9.36. The highest BCUT2D eigenvalue weighted by Gasteiger charge is 2.28. The molecular formula is C15H20FNO3. The van der Waals surface area contributed by atoms with Crippen LogP contribution in [0.4, 0.5) is 4.39 Å². The topological polar surface area (TPSA) is 60.8 Å². The number of halogens is 1. The molecule has 0 amide bonds. The highest BCUT2D eigenvalue weighted by molar-refractivity contribution is 5.97. The summed E-state index contributed by atoms with van der Waals surface area (Å²) in [7, 11) is 1.88. The molecule has 1 aromatic rings.